The van der Waals surface area contributed by atoms with Gasteiger partial charge in [-0.3, -0.25) is 9.05 Å². The molecule has 3 atom stereocenters. The van der Waals surface area contributed by atoms with E-state index < -0.39 is 19.4 Å². The molecule has 3 rings (SSSR count). The first kappa shape index (κ1) is 31.6. The highest BCUT2D eigenvalue weighted by Crippen LogP contribution is 2.52. The predicted molar refractivity (Wildman–Crippen MR) is 154 cm³/mol. The molecule has 1 fully saturated rings. The number of phenols is 1. The lowest BCUT2D eigenvalue weighted by atomic mass is 9.73. The molecule has 0 spiro atoms. The number of phosphoric ester groups is 1. The number of aromatic hydroxyl groups is 1. The van der Waals surface area contributed by atoms with E-state index in [4.69, 9.17) is 13.8 Å². The lowest BCUT2D eigenvalue weighted by molar-refractivity contribution is -0.157. The zero-order valence-corrected chi connectivity index (χ0v) is 25.2. The van der Waals surface area contributed by atoms with Gasteiger partial charge in [0.25, 0.3) is 0 Å². The SMILES string of the molecule is C=C(C)[C@@H]1CCC(C)=C[C@H]1c1c(O)cc(CCC)cc1OC(=O)C1(OP(=O)(O)OCCC(C)C)CCCCC1. The van der Waals surface area contributed by atoms with Crippen LogP contribution in [0.1, 0.15) is 109 Å². The average molecular weight is 563 g/mol. The summed E-state index contributed by atoms with van der Waals surface area (Å²) in [4.78, 5) is 24.4. The summed E-state index contributed by atoms with van der Waals surface area (Å²) in [6.07, 6.45) is 8.87. The summed E-state index contributed by atoms with van der Waals surface area (Å²) in [5.41, 5.74) is 2.01. The molecule has 0 bridgehead atoms. The summed E-state index contributed by atoms with van der Waals surface area (Å²) >= 11 is 0. The van der Waals surface area contributed by atoms with Crippen LogP contribution in [0.4, 0.5) is 0 Å². The zero-order valence-electron chi connectivity index (χ0n) is 24.3. The van der Waals surface area contributed by atoms with Crippen molar-refractivity contribution in [2.24, 2.45) is 11.8 Å². The van der Waals surface area contributed by atoms with Gasteiger partial charge in [-0.25, -0.2) is 9.36 Å². The summed E-state index contributed by atoms with van der Waals surface area (Å²) in [5.74, 6) is -0.202. The van der Waals surface area contributed by atoms with E-state index in [-0.39, 0.29) is 42.8 Å². The number of carbonyl (C=O) groups excluding carboxylic acids is 1. The fraction of sp³-hybridized carbons (Fsp3) is 0.645. The van der Waals surface area contributed by atoms with E-state index in [2.05, 4.69) is 19.6 Å². The second-order valence-electron chi connectivity index (χ2n) is 11.8. The minimum atomic E-state index is -4.51. The Morgan fingerprint density at radius 1 is 1.23 bits per heavy atom. The largest absolute Gasteiger partial charge is 0.507 e. The van der Waals surface area contributed by atoms with Gasteiger partial charge in [0.15, 0.2) is 5.60 Å². The highest BCUT2D eigenvalue weighted by atomic mass is 31.2. The van der Waals surface area contributed by atoms with E-state index >= 15 is 0 Å². The van der Waals surface area contributed by atoms with Crippen molar-refractivity contribution in [2.45, 2.75) is 110 Å². The molecule has 2 N–H and O–H groups in total. The summed E-state index contributed by atoms with van der Waals surface area (Å²) in [5, 5.41) is 11.3. The maximum Gasteiger partial charge on any atom is 0.473 e. The smallest absolute Gasteiger partial charge is 0.473 e. The van der Waals surface area contributed by atoms with Crippen LogP contribution in [0, 0.1) is 11.8 Å². The molecule has 0 heterocycles. The van der Waals surface area contributed by atoms with Gasteiger partial charge in [-0.2, -0.15) is 0 Å². The zero-order chi connectivity index (χ0) is 28.8. The Balaban J connectivity index is 2.00. The van der Waals surface area contributed by atoms with Crippen LogP contribution in [0.15, 0.2) is 35.9 Å². The maximum atomic E-state index is 13.9. The third kappa shape index (κ3) is 8.29. The van der Waals surface area contributed by atoms with Crippen LogP contribution in [0.2, 0.25) is 0 Å². The third-order valence-corrected chi connectivity index (χ3v) is 9.00. The number of phosphoric acid groups is 1. The molecule has 2 aliphatic rings. The number of phenolic OH excluding ortho intramolecular Hbond substituents is 1. The van der Waals surface area contributed by atoms with E-state index in [0.717, 1.165) is 36.8 Å². The molecule has 218 valence electrons. The van der Waals surface area contributed by atoms with E-state index in [1.807, 2.05) is 33.8 Å². The van der Waals surface area contributed by atoms with Gasteiger partial charge in [0.2, 0.25) is 0 Å². The second-order valence-corrected chi connectivity index (χ2v) is 13.2. The van der Waals surface area contributed by atoms with Crippen LogP contribution in [0.25, 0.3) is 0 Å². The molecule has 2 aliphatic carbocycles. The molecule has 39 heavy (non-hydrogen) atoms. The molecule has 7 nitrogen and oxygen atoms in total. The maximum absolute atomic E-state index is 13.9. The first-order chi connectivity index (χ1) is 18.4. The molecule has 0 radical (unpaired) electrons. The highest BCUT2D eigenvalue weighted by Gasteiger charge is 2.48. The van der Waals surface area contributed by atoms with Gasteiger partial charge in [0.1, 0.15) is 11.5 Å². The van der Waals surface area contributed by atoms with Crippen molar-refractivity contribution < 1.29 is 33.1 Å². The molecule has 1 unspecified atom stereocenters. The normalized spacial score (nSPS) is 22.7. The quantitative estimate of drug-likeness (QED) is 0.115. The van der Waals surface area contributed by atoms with Crippen molar-refractivity contribution in [3.8, 4) is 11.5 Å². The number of aryl methyl sites for hydroxylation is 1. The van der Waals surface area contributed by atoms with Crippen molar-refractivity contribution >= 4 is 13.8 Å². The predicted octanol–water partition coefficient (Wildman–Crippen LogP) is 8.15. The first-order valence-electron chi connectivity index (χ1n) is 14.5. The summed E-state index contributed by atoms with van der Waals surface area (Å²) in [6.45, 7) is 14.3. The van der Waals surface area contributed by atoms with Gasteiger partial charge in [-0.15, -0.1) is 0 Å². The van der Waals surface area contributed by atoms with Crippen molar-refractivity contribution in [2.75, 3.05) is 6.61 Å². The summed E-state index contributed by atoms with van der Waals surface area (Å²) in [7, 11) is -4.51. The van der Waals surface area contributed by atoms with Crippen LogP contribution in [0.3, 0.4) is 0 Å². The van der Waals surface area contributed by atoms with Gasteiger partial charge in [-0.1, -0.05) is 57.4 Å². The van der Waals surface area contributed by atoms with Crippen molar-refractivity contribution in [1.82, 2.24) is 0 Å². The van der Waals surface area contributed by atoms with Crippen LogP contribution >= 0.6 is 7.82 Å². The van der Waals surface area contributed by atoms with Crippen molar-refractivity contribution in [3.63, 3.8) is 0 Å². The standard InChI is InChI=1S/C31H47O7P/c1-7-11-24-19-27(32)29(26-18-23(6)12-13-25(26)22(4)5)28(20-24)37-30(33)31(15-9-8-10-16-31)38-39(34,35)36-17-14-21(2)3/h18-21,25-26,32H,4,7-17H2,1-3,5-6H3,(H,34,35)/t25-,26+/m0/s1. The fourth-order valence-corrected chi connectivity index (χ4v) is 6.81. The fourth-order valence-electron chi connectivity index (χ4n) is 5.73. The number of rotatable bonds is 12. The molecule has 1 aromatic carbocycles. The second kappa shape index (κ2) is 13.6. The summed E-state index contributed by atoms with van der Waals surface area (Å²) in [6, 6.07) is 3.57. The van der Waals surface area contributed by atoms with Gasteiger partial charge in [0, 0.05) is 11.5 Å². The number of benzene rings is 1. The number of carbonyl (C=O) groups is 1. The molecular formula is C31H47O7P. The Bertz CT molecular complexity index is 1100. The van der Waals surface area contributed by atoms with E-state index in [0.29, 0.717) is 37.2 Å². The lowest BCUT2D eigenvalue weighted by Crippen LogP contribution is -2.45. The van der Waals surface area contributed by atoms with Crippen molar-refractivity contribution in [3.05, 3.63) is 47.1 Å². The van der Waals surface area contributed by atoms with E-state index in [1.54, 1.807) is 6.07 Å². The van der Waals surface area contributed by atoms with Crippen LogP contribution in [0.5, 0.6) is 11.5 Å². The van der Waals surface area contributed by atoms with E-state index in [9.17, 15) is 19.4 Å². The minimum absolute atomic E-state index is 0.0588. The monoisotopic (exact) mass is 562 g/mol. The molecule has 0 aliphatic heterocycles. The Morgan fingerprint density at radius 2 is 1.92 bits per heavy atom. The molecule has 0 aromatic heterocycles. The van der Waals surface area contributed by atoms with Crippen LogP contribution < -0.4 is 4.74 Å². The number of esters is 1. The molecule has 1 saturated carbocycles. The lowest BCUT2D eigenvalue weighted by Gasteiger charge is -2.36. The number of ether oxygens (including phenoxy) is 1. The average Bonchev–Trinajstić information content (AvgIpc) is 2.83. The molecular weight excluding hydrogens is 515 g/mol. The Hall–Kier alpha value is -1.92. The molecule has 8 heteroatoms. The summed E-state index contributed by atoms with van der Waals surface area (Å²) < 4.78 is 29.9. The van der Waals surface area contributed by atoms with Crippen molar-refractivity contribution in [1.29, 1.82) is 0 Å². The van der Waals surface area contributed by atoms with Gasteiger partial charge in [0.05, 0.1) is 6.61 Å². The minimum Gasteiger partial charge on any atom is -0.507 e. The van der Waals surface area contributed by atoms with Gasteiger partial charge >= 0.3 is 13.8 Å². The number of hydrogen-bond acceptors (Lipinski definition) is 6. The Kier molecular flexibility index (Phi) is 11.0. The third-order valence-electron chi connectivity index (χ3n) is 7.91. The Labute approximate surface area is 234 Å². The molecule has 0 amide bonds. The van der Waals surface area contributed by atoms with E-state index in [1.165, 1.54) is 5.57 Å². The van der Waals surface area contributed by atoms with Crippen LogP contribution in [-0.4, -0.2) is 28.2 Å². The van der Waals surface area contributed by atoms with Crippen LogP contribution in [-0.2, 0) is 24.8 Å². The number of allylic oxidation sites excluding steroid dienone is 3. The van der Waals surface area contributed by atoms with Gasteiger partial charge < -0.3 is 14.7 Å². The topological polar surface area (TPSA) is 102 Å². The molecule has 0 saturated heterocycles. The molecule has 1 aromatic rings. The number of hydrogen-bond donors (Lipinski definition) is 2. The highest BCUT2D eigenvalue weighted by molar-refractivity contribution is 7.47. The Morgan fingerprint density at radius 3 is 2.54 bits per heavy atom. The van der Waals surface area contributed by atoms with Gasteiger partial charge in [-0.05, 0) is 94.7 Å². The first-order valence-corrected chi connectivity index (χ1v) is 16.0.